The Morgan fingerprint density at radius 2 is 1.68 bits per heavy atom. The lowest BCUT2D eigenvalue weighted by Crippen LogP contribution is -2.31. The molecule has 1 aromatic rings. The van der Waals surface area contributed by atoms with E-state index >= 15 is 0 Å². The normalized spacial score (nSPS) is 12.3. The van der Waals surface area contributed by atoms with E-state index in [0.717, 1.165) is 24.3 Å². The third-order valence-electron chi connectivity index (χ3n) is 2.04. The fourth-order valence-corrected chi connectivity index (χ4v) is 2.70. The first-order valence-electron chi connectivity index (χ1n) is 4.86. The van der Waals surface area contributed by atoms with Crippen molar-refractivity contribution in [2.75, 3.05) is 12.3 Å². The highest BCUT2D eigenvalue weighted by Gasteiger charge is 2.16. The smallest absolute Gasteiger partial charge is 0.258 e. The van der Waals surface area contributed by atoms with Crippen LogP contribution in [0.5, 0.6) is 0 Å². The molecular weight excluding hydrogens is 298 g/mol. The van der Waals surface area contributed by atoms with Crippen molar-refractivity contribution in [3.63, 3.8) is 0 Å². The lowest BCUT2D eigenvalue weighted by molar-refractivity contribution is -0.384. The lowest BCUT2D eigenvalue weighted by Gasteiger charge is -2.05. The van der Waals surface area contributed by atoms with Gasteiger partial charge in [0.15, 0.2) is 0 Å². The molecule has 11 heteroatoms. The van der Waals surface area contributed by atoms with Gasteiger partial charge in [0.2, 0.25) is 20.0 Å². The van der Waals surface area contributed by atoms with E-state index in [-0.39, 0.29) is 17.1 Å². The van der Waals surface area contributed by atoms with Gasteiger partial charge in [0.25, 0.3) is 5.69 Å². The molecule has 0 radical (unpaired) electrons. The van der Waals surface area contributed by atoms with Gasteiger partial charge < -0.3 is 0 Å². The molecule has 106 valence electrons. The number of sulfonamides is 2. The molecule has 0 aliphatic rings. The number of benzene rings is 1. The van der Waals surface area contributed by atoms with Gasteiger partial charge in [-0.2, -0.15) is 0 Å². The number of nitro benzene ring substituents is 1. The molecule has 0 aromatic heterocycles. The minimum Gasteiger partial charge on any atom is -0.258 e. The van der Waals surface area contributed by atoms with Crippen LogP contribution in [0.25, 0.3) is 0 Å². The maximum Gasteiger partial charge on any atom is 0.269 e. The van der Waals surface area contributed by atoms with Gasteiger partial charge in [-0.1, -0.05) is 0 Å². The number of nitro groups is 1. The summed E-state index contributed by atoms with van der Waals surface area (Å²) in [6.45, 7) is -0.377. The molecular formula is C8H11N3O6S2. The summed E-state index contributed by atoms with van der Waals surface area (Å²) >= 11 is 0. The van der Waals surface area contributed by atoms with E-state index < -0.39 is 30.7 Å². The molecule has 1 rings (SSSR count). The number of non-ortho nitro benzene ring substituents is 1. The molecule has 0 spiro atoms. The topological polar surface area (TPSA) is 149 Å². The van der Waals surface area contributed by atoms with Crippen LogP contribution in [0.4, 0.5) is 5.69 Å². The summed E-state index contributed by atoms with van der Waals surface area (Å²) in [6, 6.07) is 4.18. The Hall–Kier alpha value is -1.56. The zero-order valence-corrected chi connectivity index (χ0v) is 11.1. The van der Waals surface area contributed by atoms with Crippen molar-refractivity contribution in [2.24, 2.45) is 5.14 Å². The Morgan fingerprint density at radius 1 is 1.16 bits per heavy atom. The predicted octanol–water partition coefficient (Wildman–Crippen LogP) is -0.838. The van der Waals surface area contributed by atoms with Gasteiger partial charge in [0.1, 0.15) is 0 Å². The van der Waals surface area contributed by atoms with Crippen LogP contribution < -0.4 is 9.86 Å². The fraction of sp³-hybridized carbons (Fsp3) is 0.250. The lowest BCUT2D eigenvalue weighted by atomic mass is 10.3. The van der Waals surface area contributed by atoms with Gasteiger partial charge in [-0.05, 0) is 12.1 Å². The number of hydrogen-bond acceptors (Lipinski definition) is 6. The largest absolute Gasteiger partial charge is 0.269 e. The number of nitrogens with one attached hydrogen (secondary N) is 1. The number of primary sulfonamides is 1. The minimum absolute atomic E-state index is 0.201. The molecule has 0 saturated carbocycles. The van der Waals surface area contributed by atoms with Crippen LogP contribution in [0.2, 0.25) is 0 Å². The SMILES string of the molecule is NS(=O)(=O)CCNS(=O)(=O)c1ccc([N+](=O)[O-])cc1. The number of nitrogens with zero attached hydrogens (tertiary/aromatic N) is 1. The van der Waals surface area contributed by atoms with Gasteiger partial charge in [0, 0.05) is 18.7 Å². The molecule has 0 amide bonds. The second-order valence-corrected chi connectivity index (χ2v) is 7.02. The third kappa shape index (κ3) is 4.90. The van der Waals surface area contributed by atoms with Crippen molar-refractivity contribution in [2.45, 2.75) is 4.90 Å². The molecule has 0 bridgehead atoms. The molecule has 0 aliphatic carbocycles. The van der Waals surface area contributed by atoms with E-state index in [9.17, 15) is 26.9 Å². The van der Waals surface area contributed by atoms with Gasteiger partial charge in [-0.3, -0.25) is 10.1 Å². The molecule has 0 atom stereocenters. The fourth-order valence-electron chi connectivity index (χ4n) is 1.15. The highest BCUT2D eigenvalue weighted by molar-refractivity contribution is 7.90. The van der Waals surface area contributed by atoms with Crippen LogP contribution >= 0.6 is 0 Å². The van der Waals surface area contributed by atoms with E-state index in [1.54, 1.807) is 0 Å². The van der Waals surface area contributed by atoms with Crippen molar-refractivity contribution in [1.82, 2.24) is 4.72 Å². The van der Waals surface area contributed by atoms with E-state index in [4.69, 9.17) is 5.14 Å². The molecule has 0 fully saturated rings. The van der Waals surface area contributed by atoms with Crippen molar-refractivity contribution < 1.29 is 21.8 Å². The first-order valence-corrected chi connectivity index (χ1v) is 8.06. The highest BCUT2D eigenvalue weighted by atomic mass is 32.2. The summed E-state index contributed by atoms with van der Waals surface area (Å²) in [4.78, 5) is 9.54. The third-order valence-corrected chi connectivity index (χ3v) is 4.29. The molecule has 9 nitrogen and oxygen atoms in total. The maximum absolute atomic E-state index is 11.7. The summed E-state index contributed by atoms with van der Waals surface area (Å²) < 4.78 is 46.7. The first kappa shape index (κ1) is 15.5. The Bertz CT molecular complexity index is 665. The maximum atomic E-state index is 11.7. The van der Waals surface area contributed by atoms with Crippen LogP contribution in [-0.2, 0) is 20.0 Å². The minimum atomic E-state index is -3.92. The molecule has 1 aromatic carbocycles. The predicted molar refractivity (Wildman–Crippen MR) is 66.3 cm³/mol. The molecule has 0 unspecified atom stereocenters. The van der Waals surface area contributed by atoms with Crippen molar-refractivity contribution in [3.05, 3.63) is 34.4 Å². The van der Waals surface area contributed by atoms with Gasteiger partial charge in [0.05, 0.1) is 15.6 Å². The summed E-state index contributed by atoms with van der Waals surface area (Å²) in [5.41, 5.74) is -0.247. The van der Waals surface area contributed by atoms with Gasteiger partial charge in [-0.25, -0.2) is 26.7 Å². The molecule has 3 N–H and O–H groups in total. The standard InChI is InChI=1S/C8H11N3O6S2/c9-18(14,15)6-5-10-19(16,17)8-3-1-7(2-4-8)11(12)13/h1-4,10H,5-6H2,(H2,9,14,15). The quantitative estimate of drug-likeness (QED) is 0.517. The summed E-state index contributed by atoms with van der Waals surface area (Å²) in [5.74, 6) is -0.542. The average Bonchev–Trinajstić information content (AvgIpc) is 2.27. The van der Waals surface area contributed by atoms with E-state index in [1.807, 2.05) is 4.72 Å². The highest BCUT2D eigenvalue weighted by Crippen LogP contribution is 2.15. The van der Waals surface area contributed by atoms with E-state index in [0.29, 0.717) is 0 Å². The van der Waals surface area contributed by atoms with Crippen LogP contribution in [0.3, 0.4) is 0 Å². The van der Waals surface area contributed by atoms with Gasteiger partial charge >= 0.3 is 0 Å². The Kier molecular flexibility index (Phi) is 4.57. The molecule has 0 aliphatic heterocycles. The Balaban J connectivity index is 2.80. The molecule has 0 heterocycles. The molecule has 19 heavy (non-hydrogen) atoms. The Labute approximate surface area is 109 Å². The van der Waals surface area contributed by atoms with Crippen molar-refractivity contribution in [1.29, 1.82) is 0 Å². The van der Waals surface area contributed by atoms with Crippen LogP contribution in [0.1, 0.15) is 0 Å². The van der Waals surface area contributed by atoms with Gasteiger partial charge in [-0.15, -0.1) is 0 Å². The second kappa shape index (κ2) is 5.61. The zero-order chi connectivity index (χ0) is 14.7. The summed E-state index contributed by atoms with van der Waals surface area (Å²) in [5, 5.41) is 15.1. The monoisotopic (exact) mass is 309 g/mol. The zero-order valence-electron chi connectivity index (χ0n) is 9.51. The Morgan fingerprint density at radius 3 is 2.11 bits per heavy atom. The number of hydrogen-bond donors (Lipinski definition) is 2. The summed E-state index contributed by atoms with van der Waals surface area (Å²) in [6.07, 6.45) is 0. The van der Waals surface area contributed by atoms with Crippen molar-refractivity contribution >= 4 is 25.7 Å². The average molecular weight is 309 g/mol. The second-order valence-electron chi connectivity index (χ2n) is 3.52. The van der Waals surface area contributed by atoms with Crippen LogP contribution in [0, 0.1) is 10.1 Å². The number of nitrogens with two attached hydrogens (primary N) is 1. The number of rotatable bonds is 6. The summed E-state index contributed by atoms with van der Waals surface area (Å²) in [7, 11) is -7.68. The van der Waals surface area contributed by atoms with E-state index in [2.05, 4.69) is 0 Å². The first-order chi connectivity index (χ1) is 8.62. The molecule has 0 saturated heterocycles. The van der Waals surface area contributed by atoms with Crippen LogP contribution in [-0.4, -0.2) is 34.1 Å². The van der Waals surface area contributed by atoms with E-state index in [1.165, 1.54) is 0 Å². The van der Waals surface area contributed by atoms with Crippen molar-refractivity contribution in [3.8, 4) is 0 Å². The van der Waals surface area contributed by atoms with Crippen LogP contribution in [0.15, 0.2) is 29.2 Å².